The van der Waals surface area contributed by atoms with E-state index in [0.29, 0.717) is 18.0 Å². The van der Waals surface area contributed by atoms with Gasteiger partial charge in [-0.3, -0.25) is 4.90 Å². The summed E-state index contributed by atoms with van der Waals surface area (Å²) in [5, 5.41) is 0. The molecule has 0 amide bonds. The molecule has 16 heavy (non-hydrogen) atoms. The van der Waals surface area contributed by atoms with Crippen LogP contribution in [0.5, 0.6) is 5.75 Å². The second-order valence-corrected chi connectivity index (χ2v) is 4.07. The predicted molar refractivity (Wildman–Crippen MR) is 53.1 cm³/mol. The molecular formula is C11H12F3NO. The van der Waals surface area contributed by atoms with Gasteiger partial charge in [0.05, 0.1) is 5.56 Å². The third-order valence-electron chi connectivity index (χ3n) is 2.53. The highest BCUT2D eigenvalue weighted by molar-refractivity contribution is 5.45. The van der Waals surface area contributed by atoms with E-state index in [0.717, 1.165) is 0 Å². The lowest BCUT2D eigenvalue weighted by Crippen LogP contribution is -2.30. The molecule has 1 aromatic carbocycles. The Morgan fingerprint density at radius 2 is 2.00 bits per heavy atom. The van der Waals surface area contributed by atoms with E-state index in [2.05, 4.69) is 0 Å². The molecule has 0 spiro atoms. The van der Waals surface area contributed by atoms with Crippen molar-refractivity contribution in [2.45, 2.75) is 19.6 Å². The van der Waals surface area contributed by atoms with Crippen molar-refractivity contribution in [2.24, 2.45) is 0 Å². The summed E-state index contributed by atoms with van der Waals surface area (Å²) in [5.74, 6) is 0.352. The minimum atomic E-state index is -4.32. The van der Waals surface area contributed by atoms with Crippen molar-refractivity contribution in [3.63, 3.8) is 0 Å². The highest BCUT2D eigenvalue weighted by Crippen LogP contribution is 2.38. The standard InChI is InChI=1S/C11H12F3NO/c1-7-3-9(11(12,13)14)8-5-15(2)6-16-10(8)4-7/h3-4H,5-6H2,1-2H3. The normalized spacial score (nSPS) is 16.8. The van der Waals surface area contributed by atoms with Gasteiger partial charge in [-0.05, 0) is 31.7 Å². The van der Waals surface area contributed by atoms with Gasteiger partial charge in [0, 0.05) is 12.1 Å². The van der Waals surface area contributed by atoms with Gasteiger partial charge in [0.15, 0.2) is 0 Å². The Balaban J connectivity index is 2.56. The minimum Gasteiger partial charge on any atom is -0.478 e. The van der Waals surface area contributed by atoms with Gasteiger partial charge in [-0.1, -0.05) is 0 Å². The Labute approximate surface area is 91.6 Å². The van der Waals surface area contributed by atoms with E-state index in [-0.39, 0.29) is 12.1 Å². The fraction of sp³-hybridized carbons (Fsp3) is 0.455. The number of ether oxygens (including phenoxy) is 1. The summed E-state index contributed by atoms with van der Waals surface area (Å²) in [5.41, 5.74) is 0.205. The van der Waals surface area contributed by atoms with Crippen LogP contribution in [0, 0.1) is 6.92 Å². The van der Waals surface area contributed by atoms with Crippen molar-refractivity contribution in [1.82, 2.24) is 4.90 Å². The first kappa shape index (κ1) is 11.3. The van der Waals surface area contributed by atoms with E-state index in [4.69, 9.17) is 4.74 Å². The van der Waals surface area contributed by atoms with Gasteiger partial charge in [0.2, 0.25) is 0 Å². The molecular weight excluding hydrogens is 219 g/mol. The van der Waals surface area contributed by atoms with Crippen molar-refractivity contribution >= 4 is 0 Å². The van der Waals surface area contributed by atoms with Crippen molar-refractivity contribution in [3.8, 4) is 5.75 Å². The van der Waals surface area contributed by atoms with Gasteiger partial charge in [0.25, 0.3) is 0 Å². The number of nitrogens with zero attached hydrogens (tertiary/aromatic N) is 1. The molecule has 0 fully saturated rings. The zero-order valence-electron chi connectivity index (χ0n) is 9.06. The van der Waals surface area contributed by atoms with Gasteiger partial charge in [-0.2, -0.15) is 13.2 Å². The largest absolute Gasteiger partial charge is 0.478 e. The lowest BCUT2D eigenvalue weighted by atomic mass is 10.0. The van der Waals surface area contributed by atoms with Gasteiger partial charge < -0.3 is 4.74 Å². The number of halogens is 3. The van der Waals surface area contributed by atoms with Crippen LogP contribution in [0.25, 0.3) is 0 Å². The highest BCUT2D eigenvalue weighted by Gasteiger charge is 2.36. The number of hydrogen-bond donors (Lipinski definition) is 0. The third-order valence-corrected chi connectivity index (χ3v) is 2.53. The van der Waals surface area contributed by atoms with Gasteiger partial charge >= 0.3 is 6.18 Å². The molecule has 0 aliphatic carbocycles. The number of fused-ring (bicyclic) bond motifs is 1. The van der Waals surface area contributed by atoms with Crippen molar-refractivity contribution in [3.05, 3.63) is 28.8 Å². The Kier molecular flexibility index (Phi) is 2.58. The molecule has 5 heteroatoms. The van der Waals surface area contributed by atoms with E-state index in [1.165, 1.54) is 6.07 Å². The molecule has 0 radical (unpaired) electrons. The predicted octanol–water partition coefficient (Wildman–Crippen LogP) is 2.80. The summed E-state index contributed by atoms with van der Waals surface area (Å²) in [4.78, 5) is 1.70. The van der Waals surface area contributed by atoms with Crippen LogP contribution >= 0.6 is 0 Å². The van der Waals surface area contributed by atoms with Crippen LogP contribution in [-0.2, 0) is 12.7 Å². The number of rotatable bonds is 0. The van der Waals surface area contributed by atoms with E-state index in [1.807, 2.05) is 0 Å². The second-order valence-electron chi connectivity index (χ2n) is 4.07. The molecule has 0 unspecified atom stereocenters. The van der Waals surface area contributed by atoms with Gasteiger partial charge in [-0.25, -0.2) is 0 Å². The number of aryl methyl sites for hydroxylation is 1. The summed E-state index contributed by atoms with van der Waals surface area (Å²) in [7, 11) is 1.73. The SMILES string of the molecule is Cc1cc2c(c(C(F)(F)F)c1)CN(C)CO2. The molecule has 2 rings (SSSR count). The Morgan fingerprint density at radius 1 is 1.31 bits per heavy atom. The van der Waals surface area contributed by atoms with Gasteiger partial charge in [-0.15, -0.1) is 0 Å². The average molecular weight is 231 g/mol. The molecule has 0 saturated carbocycles. The van der Waals surface area contributed by atoms with Crippen LogP contribution < -0.4 is 4.74 Å². The summed E-state index contributed by atoms with van der Waals surface area (Å²) in [6, 6.07) is 2.82. The maximum atomic E-state index is 12.8. The first-order valence-corrected chi connectivity index (χ1v) is 4.90. The molecule has 88 valence electrons. The van der Waals surface area contributed by atoms with Crippen LogP contribution in [0.4, 0.5) is 13.2 Å². The van der Waals surface area contributed by atoms with Crippen molar-refractivity contribution in [2.75, 3.05) is 13.8 Å². The number of hydrogen-bond acceptors (Lipinski definition) is 2. The average Bonchev–Trinajstić information content (AvgIpc) is 2.16. The van der Waals surface area contributed by atoms with E-state index in [1.54, 1.807) is 24.9 Å². The van der Waals surface area contributed by atoms with E-state index in [9.17, 15) is 13.2 Å². The maximum absolute atomic E-state index is 12.8. The zero-order valence-corrected chi connectivity index (χ0v) is 9.06. The molecule has 0 bridgehead atoms. The lowest BCUT2D eigenvalue weighted by molar-refractivity contribution is -0.139. The van der Waals surface area contributed by atoms with Crippen molar-refractivity contribution < 1.29 is 17.9 Å². The monoisotopic (exact) mass is 231 g/mol. The van der Waals surface area contributed by atoms with Crippen LogP contribution in [0.15, 0.2) is 12.1 Å². The summed E-state index contributed by atoms with van der Waals surface area (Å²) < 4.78 is 43.7. The Morgan fingerprint density at radius 3 is 2.62 bits per heavy atom. The maximum Gasteiger partial charge on any atom is 0.416 e. The fourth-order valence-electron chi connectivity index (χ4n) is 1.82. The molecule has 1 aliphatic rings. The topological polar surface area (TPSA) is 12.5 Å². The summed E-state index contributed by atoms with van der Waals surface area (Å²) in [6.45, 7) is 2.23. The second kappa shape index (κ2) is 3.66. The molecule has 0 N–H and O–H groups in total. The molecule has 1 heterocycles. The van der Waals surface area contributed by atoms with Crippen LogP contribution in [0.1, 0.15) is 16.7 Å². The van der Waals surface area contributed by atoms with Gasteiger partial charge in [0.1, 0.15) is 12.5 Å². The number of alkyl halides is 3. The van der Waals surface area contributed by atoms with Crippen LogP contribution in [0.3, 0.4) is 0 Å². The fourth-order valence-corrected chi connectivity index (χ4v) is 1.82. The molecule has 0 atom stereocenters. The Hall–Kier alpha value is -1.23. The smallest absolute Gasteiger partial charge is 0.416 e. The molecule has 0 saturated heterocycles. The first-order valence-electron chi connectivity index (χ1n) is 4.90. The highest BCUT2D eigenvalue weighted by atomic mass is 19.4. The van der Waals surface area contributed by atoms with E-state index >= 15 is 0 Å². The minimum absolute atomic E-state index is 0.229. The molecule has 2 nitrogen and oxygen atoms in total. The first-order chi connectivity index (χ1) is 7.38. The summed E-state index contributed by atoms with van der Waals surface area (Å²) >= 11 is 0. The number of benzene rings is 1. The molecule has 1 aliphatic heterocycles. The quantitative estimate of drug-likeness (QED) is 0.680. The molecule has 0 aromatic heterocycles. The lowest BCUT2D eigenvalue weighted by Gasteiger charge is -2.28. The van der Waals surface area contributed by atoms with Crippen LogP contribution in [-0.4, -0.2) is 18.7 Å². The third kappa shape index (κ3) is 2.00. The van der Waals surface area contributed by atoms with Crippen LogP contribution in [0.2, 0.25) is 0 Å². The zero-order chi connectivity index (χ0) is 11.9. The van der Waals surface area contributed by atoms with E-state index < -0.39 is 11.7 Å². The Bertz CT molecular complexity index is 414. The van der Waals surface area contributed by atoms with Crippen molar-refractivity contribution in [1.29, 1.82) is 0 Å². The summed E-state index contributed by atoms with van der Waals surface area (Å²) in [6.07, 6.45) is -4.32. The molecule has 1 aromatic rings.